The van der Waals surface area contributed by atoms with Crippen LogP contribution in [0, 0.1) is 5.92 Å². The minimum absolute atomic E-state index is 0.00319. The Labute approximate surface area is 110 Å². The Hall–Kier alpha value is -1.53. The molecule has 0 spiro atoms. The van der Waals surface area contributed by atoms with Crippen molar-refractivity contribution in [3.63, 3.8) is 0 Å². The summed E-state index contributed by atoms with van der Waals surface area (Å²) >= 11 is 0. The maximum absolute atomic E-state index is 12.8. The number of aromatic nitrogens is 2. The first-order valence-corrected chi connectivity index (χ1v) is 6.29. The molecular formula is C12H17F3N4. The summed E-state index contributed by atoms with van der Waals surface area (Å²) in [6.07, 6.45) is -2.51. The number of anilines is 2. The van der Waals surface area contributed by atoms with Crippen molar-refractivity contribution in [1.29, 1.82) is 0 Å². The van der Waals surface area contributed by atoms with Gasteiger partial charge in [0, 0.05) is 26.2 Å². The molecule has 1 saturated heterocycles. The lowest BCUT2D eigenvalue weighted by molar-refractivity contribution is -0.141. The molecule has 0 radical (unpaired) electrons. The van der Waals surface area contributed by atoms with Gasteiger partial charge in [0.25, 0.3) is 0 Å². The van der Waals surface area contributed by atoms with Crippen molar-refractivity contribution in [3.05, 3.63) is 11.8 Å². The van der Waals surface area contributed by atoms with Crippen LogP contribution in [0.2, 0.25) is 0 Å². The summed E-state index contributed by atoms with van der Waals surface area (Å²) in [6, 6.07) is 1.02. The lowest BCUT2D eigenvalue weighted by Crippen LogP contribution is -2.33. The molecule has 1 aromatic heterocycles. The average molecular weight is 274 g/mol. The fourth-order valence-corrected chi connectivity index (χ4v) is 2.09. The number of alkyl halides is 3. The number of nitrogens with one attached hydrogen (secondary N) is 1. The van der Waals surface area contributed by atoms with E-state index in [-0.39, 0.29) is 5.95 Å². The van der Waals surface area contributed by atoms with Gasteiger partial charge >= 0.3 is 6.18 Å². The van der Waals surface area contributed by atoms with Crippen LogP contribution in [0.1, 0.15) is 25.5 Å². The summed E-state index contributed by atoms with van der Waals surface area (Å²) in [5.74, 6) is 0.964. The third-order valence-corrected chi connectivity index (χ3v) is 3.33. The zero-order valence-electron chi connectivity index (χ0n) is 11.0. The SMILES string of the molecule is CNc1nc(N2CCC(C)CC2)cc(C(F)(F)F)n1. The second-order valence-corrected chi connectivity index (χ2v) is 4.85. The summed E-state index contributed by atoms with van der Waals surface area (Å²) in [6.45, 7) is 3.62. The smallest absolute Gasteiger partial charge is 0.357 e. The Morgan fingerprint density at radius 2 is 1.89 bits per heavy atom. The number of rotatable bonds is 2. The summed E-state index contributed by atoms with van der Waals surface area (Å²) in [5, 5.41) is 2.58. The fraction of sp³-hybridized carbons (Fsp3) is 0.667. The topological polar surface area (TPSA) is 41.1 Å². The summed E-state index contributed by atoms with van der Waals surface area (Å²) < 4.78 is 38.3. The van der Waals surface area contributed by atoms with Crippen molar-refractivity contribution >= 4 is 11.8 Å². The van der Waals surface area contributed by atoms with E-state index in [1.165, 1.54) is 7.05 Å². The van der Waals surface area contributed by atoms with E-state index in [0.29, 0.717) is 11.7 Å². The third-order valence-electron chi connectivity index (χ3n) is 3.33. The molecule has 7 heteroatoms. The van der Waals surface area contributed by atoms with Crippen LogP contribution >= 0.6 is 0 Å². The zero-order valence-corrected chi connectivity index (χ0v) is 11.0. The van der Waals surface area contributed by atoms with Crippen molar-refractivity contribution in [2.75, 3.05) is 30.4 Å². The molecule has 4 nitrogen and oxygen atoms in total. The summed E-state index contributed by atoms with van der Waals surface area (Å²) in [5.41, 5.74) is -0.902. The summed E-state index contributed by atoms with van der Waals surface area (Å²) in [4.78, 5) is 9.46. The quantitative estimate of drug-likeness (QED) is 0.900. The van der Waals surface area contributed by atoms with Crippen molar-refractivity contribution in [2.24, 2.45) is 5.92 Å². The first-order valence-electron chi connectivity index (χ1n) is 6.29. The molecule has 0 unspecified atom stereocenters. The molecule has 106 valence electrons. The Bertz CT molecular complexity index is 439. The maximum Gasteiger partial charge on any atom is 0.433 e. The molecular weight excluding hydrogens is 257 g/mol. The van der Waals surface area contributed by atoms with E-state index in [1.807, 2.05) is 4.90 Å². The lowest BCUT2D eigenvalue weighted by atomic mass is 9.99. The van der Waals surface area contributed by atoms with E-state index in [1.54, 1.807) is 0 Å². The van der Waals surface area contributed by atoms with Gasteiger partial charge in [-0.2, -0.15) is 18.2 Å². The van der Waals surface area contributed by atoms with Crippen molar-refractivity contribution in [3.8, 4) is 0 Å². The van der Waals surface area contributed by atoms with Crippen molar-refractivity contribution in [1.82, 2.24) is 9.97 Å². The molecule has 1 N–H and O–H groups in total. The summed E-state index contributed by atoms with van der Waals surface area (Å²) in [7, 11) is 1.51. The van der Waals surface area contributed by atoms with Crippen molar-refractivity contribution in [2.45, 2.75) is 25.9 Å². The van der Waals surface area contributed by atoms with Gasteiger partial charge in [-0.25, -0.2) is 4.98 Å². The van der Waals surface area contributed by atoms with Crippen LogP contribution in [-0.2, 0) is 6.18 Å². The Balaban J connectivity index is 2.29. The molecule has 0 bridgehead atoms. The van der Waals surface area contributed by atoms with E-state index < -0.39 is 11.9 Å². The Morgan fingerprint density at radius 1 is 1.26 bits per heavy atom. The molecule has 0 atom stereocenters. The highest BCUT2D eigenvalue weighted by molar-refractivity contribution is 5.45. The predicted molar refractivity (Wildman–Crippen MR) is 67.2 cm³/mol. The largest absolute Gasteiger partial charge is 0.433 e. The standard InChI is InChI=1S/C12H17F3N4/c1-8-3-5-19(6-4-8)10-7-9(12(13,14)15)17-11(16-2)18-10/h7-8H,3-6H2,1-2H3,(H,16,17,18). The van der Waals surface area contributed by atoms with Crippen LogP contribution in [-0.4, -0.2) is 30.1 Å². The van der Waals surface area contributed by atoms with E-state index in [4.69, 9.17) is 0 Å². The lowest BCUT2D eigenvalue weighted by Gasteiger charge is -2.31. The molecule has 1 aliphatic rings. The van der Waals surface area contributed by atoms with Gasteiger partial charge in [0.05, 0.1) is 0 Å². The van der Waals surface area contributed by atoms with Gasteiger partial charge in [-0.15, -0.1) is 0 Å². The van der Waals surface area contributed by atoms with Crippen LogP contribution in [0.25, 0.3) is 0 Å². The number of piperidine rings is 1. The number of hydrogen-bond donors (Lipinski definition) is 1. The molecule has 0 saturated carbocycles. The number of halogens is 3. The first kappa shape index (κ1) is 13.9. The minimum Gasteiger partial charge on any atom is -0.357 e. The monoisotopic (exact) mass is 274 g/mol. The van der Waals surface area contributed by atoms with Crippen molar-refractivity contribution < 1.29 is 13.2 Å². The first-order chi connectivity index (χ1) is 8.90. The highest BCUT2D eigenvalue weighted by Crippen LogP contribution is 2.31. The van der Waals surface area contributed by atoms with Crippen LogP contribution < -0.4 is 10.2 Å². The van der Waals surface area contributed by atoms with E-state index in [9.17, 15) is 13.2 Å². The van der Waals surface area contributed by atoms with Crippen LogP contribution in [0.15, 0.2) is 6.07 Å². The van der Waals surface area contributed by atoms with Gasteiger partial charge in [-0.1, -0.05) is 6.92 Å². The van der Waals surface area contributed by atoms with Gasteiger partial charge in [-0.3, -0.25) is 0 Å². The average Bonchev–Trinajstić information content (AvgIpc) is 2.38. The van der Waals surface area contributed by atoms with E-state index >= 15 is 0 Å². The molecule has 1 aliphatic heterocycles. The van der Waals surface area contributed by atoms with Gasteiger partial charge in [0.1, 0.15) is 5.82 Å². The van der Waals surface area contributed by atoms with Crippen LogP contribution in [0.5, 0.6) is 0 Å². The fourth-order valence-electron chi connectivity index (χ4n) is 2.09. The molecule has 2 rings (SSSR count). The molecule has 2 heterocycles. The van der Waals surface area contributed by atoms with Gasteiger partial charge < -0.3 is 10.2 Å². The van der Waals surface area contributed by atoms with E-state index in [2.05, 4.69) is 22.2 Å². The van der Waals surface area contributed by atoms with E-state index in [0.717, 1.165) is 32.0 Å². The maximum atomic E-state index is 12.8. The Morgan fingerprint density at radius 3 is 2.42 bits per heavy atom. The highest BCUT2D eigenvalue weighted by Gasteiger charge is 2.34. The molecule has 19 heavy (non-hydrogen) atoms. The van der Waals surface area contributed by atoms with Gasteiger partial charge in [0.2, 0.25) is 5.95 Å². The Kier molecular flexibility index (Phi) is 3.82. The number of hydrogen-bond acceptors (Lipinski definition) is 4. The highest BCUT2D eigenvalue weighted by atomic mass is 19.4. The molecule has 1 fully saturated rings. The molecule has 0 aromatic carbocycles. The predicted octanol–water partition coefficient (Wildman–Crippen LogP) is 2.77. The zero-order chi connectivity index (χ0) is 14.0. The van der Waals surface area contributed by atoms with Crippen LogP contribution in [0.4, 0.5) is 24.9 Å². The molecule has 1 aromatic rings. The van der Waals surface area contributed by atoms with Gasteiger partial charge in [-0.05, 0) is 18.8 Å². The van der Waals surface area contributed by atoms with Gasteiger partial charge in [0.15, 0.2) is 5.69 Å². The third kappa shape index (κ3) is 3.27. The normalized spacial score (nSPS) is 17.6. The minimum atomic E-state index is -4.45. The van der Waals surface area contributed by atoms with Crippen LogP contribution in [0.3, 0.4) is 0 Å². The number of nitrogens with zero attached hydrogens (tertiary/aromatic N) is 3. The second-order valence-electron chi connectivity index (χ2n) is 4.85. The molecule has 0 amide bonds. The molecule has 0 aliphatic carbocycles. The second kappa shape index (κ2) is 5.22.